The predicted octanol–water partition coefficient (Wildman–Crippen LogP) is 3.60. The van der Waals surface area contributed by atoms with Crippen LogP contribution in [0.1, 0.15) is 24.1 Å². The van der Waals surface area contributed by atoms with Gasteiger partial charge in [-0.25, -0.2) is 8.78 Å². The average molecular weight is 335 g/mol. The van der Waals surface area contributed by atoms with Gasteiger partial charge in [-0.05, 0) is 30.7 Å². The summed E-state index contributed by atoms with van der Waals surface area (Å²) < 4.78 is 43.3. The zero-order valence-electron chi connectivity index (χ0n) is 13.6. The molecule has 1 atom stereocenters. The van der Waals surface area contributed by atoms with Gasteiger partial charge in [0.05, 0.1) is 7.11 Å². The number of fused-ring (bicyclic) bond motifs is 1. The molecule has 1 aliphatic heterocycles. The third-order valence-electron chi connectivity index (χ3n) is 3.93. The van der Waals surface area contributed by atoms with E-state index in [2.05, 4.69) is 5.32 Å². The number of rotatable bonds is 5. The topological polar surface area (TPSA) is 39.7 Å². The molecule has 2 aromatic rings. The van der Waals surface area contributed by atoms with Crippen LogP contribution in [0.5, 0.6) is 17.2 Å². The third-order valence-corrected chi connectivity index (χ3v) is 3.93. The van der Waals surface area contributed by atoms with Gasteiger partial charge < -0.3 is 19.5 Å². The molecule has 1 heterocycles. The van der Waals surface area contributed by atoms with E-state index in [1.807, 2.05) is 19.1 Å². The Balaban J connectivity index is 1.74. The van der Waals surface area contributed by atoms with Crippen molar-refractivity contribution >= 4 is 0 Å². The summed E-state index contributed by atoms with van der Waals surface area (Å²) in [6.45, 7) is 3.28. The van der Waals surface area contributed by atoms with Crippen molar-refractivity contribution < 1.29 is 23.0 Å². The number of halogens is 2. The number of methoxy groups -OCH3 is 1. The van der Waals surface area contributed by atoms with Gasteiger partial charge in [-0.2, -0.15) is 0 Å². The molecule has 0 fully saturated rings. The van der Waals surface area contributed by atoms with Crippen LogP contribution in [0.2, 0.25) is 0 Å². The number of benzene rings is 2. The van der Waals surface area contributed by atoms with Gasteiger partial charge in [-0.15, -0.1) is 0 Å². The molecule has 2 aromatic carbocycles. The molecule has 0 amide bonds. The normalized spacial score (nSPS) is 14.3. The van der Waals surface area contributed by atoms with Crippen LogP contribution in [0.15, 0.2) is 30.3 Å². The largest absolute Gasteiger partial charge is 0.493 e. The minimum Gasteiger partial charge on any atom is -0.493 e. The van der Waals surface area contributed by atoms with Crippen LogP contribution in [-0.2, 0) is 6.54 Å². The van der Waals surface area contributed by atoms with Gasteiger partial charge in [0.2, 0.25) is 5.75 Å². The van der Waals surface area contributed by atoms with Crippen LogP contribution < -0.4 is 19.5 Å². The molecule has 4 nitrogen and oxygen atoms in total. The van der Waals surface area contributed by atoms with E-state index in [0.717, 1.165) is 11.6 Å². The molecule has 6 heteroatoms. The fourth-order valence-corrected chi connectivity index (χ4v) is 2.66. The van der Waals surface area contributed by atoms with Gasteiger partial charge in [-0.1, -0.05) is 6.07 Å². The van der Waals surface area contributed by atoms with Crippen molar-refractivity contribution in [2.24, 2.45) is 0 Å². The molecule has 0 saturated heterocycles. The highest BCUT2D eigenvalue weighted by atomic mass is 19.1. The summed E-state index contributed by atoms with van der Waals surface area (Å²) in [6.07, 6.45) is 0. The Labute approximate surface area is 139 Å². The fraction of sp³-hybridized carbons (Fsp3) is 0.333. The zero-order chi connectivity index (χ0) is 17.1. The lowest BCUT2D eigenvalue weighted by Crippen LogP contribution is -2.20. The van der Waals surface area contributed by atoms with Crippen molar-refractivity contribution in [1.29, 1.82) is 0 Å². The van der Waals surface area contributed by atoms with E-state index >= 15 is 0 Å². The molecule has 128 valence electrons. The molecule has 0 bridgehead atoms. The molecular weight excluding hydrogens is 316 g/mol. The minimum atomic E-state index is -0.583. The summed E-state index contributed by atoms with van der Waals surface area (Å²) in [5, 5.41) is 3.22. The summed E-state index contributed by atoms with van der Waals surface area (Å²) in [5.74, 6) is 0.697. The van der Waals surface area contributed by atoms with Crippen molar-refractivity contribution in [2.75, 3.05) is 20.3 Å². The highest BCUT2D eigenvalue weighted by Crippen LogP contribution is 2.40. The first-order valence-electron chi connectivity index (χ1n) is 7.73. The lowest BCUT2D eigenvalue weighted by atomic mass is 10.1. The van der Waals surface area contributed by atoms with Crippen LogP contribution in [0.4, 0.5) is 8.78 Å². The first-order chi connectivity index (χ1) is 11.6. The highest BCUT2D eigenvalue weighted by molar-refractivity contribution is 5.54. The van der Waals surface area contributed by atoms with E-state index in [4.69, 9.17) is 14.2 Å². The molecule has 0 aromatic heterocycles. The van der Waals surface area contributed by atoms with E-state index in [1.165, 1.54) is 12.1 Å². The Morgan fingerprint density at radius 2 is 1.96 bits per heavy atom. The van der Waals surface area contributed by atoms with Crippen LogP contribution in [0, 0.1) is 11.6 Å². The second-order valence-corrected chi connectivity index (χ2v) is 5.59. The van der Waals surface area contributed by atoms with Crippen LogP contribution in [0.25, 0.3) is 0 Å². The zero-order valence-corrected chi connectivity index (χ0v) is 13.6. The van der Waals surface area contributed by atoms with Crippen molar-refractivity contribution in [3.63, 3.8) is 0 Å². The molecular formula is C18H19F2NO3. The first-order valence-corrected chi connectivity index (χ1v) is 7.73. The van der Waals surface area contributed by atoms with Gasteiger partial charge in [0.1, 0.15) is 24.8 Å². The maximum absolute atomic E-state index is 13.8. The molecule has 1 aliphatic rings. The van der Waals surface area contributed by atoms with Gasteiger partial charge in [0, 0.05) is 24.2 Å². The molecule has 3 rings (SSSR count). The van der Waals surface area contributed by atoms with Gasteiger partial charge in [0.25, 0.3) is 0 Å². The number of ether oxygens (including phenoxy) is 3. The summed E-state index contributed by atoms with van der Waals surface area (Å²) in [6, 6.07) is 7.05. The molecule has 24 heavy (non-hydrogen) atoms. The Kier molecular flexibility index (Phi) is 4.85. The Hall–Kier alpha value is -2.34. The summed E-state index contributed by atoms with van der Waals surface area (Å²) in [5.41, 5.74) is 1.34. The Morgan fingerprint density at radius 1 is 1.17 bits per heavy atom. The Bertz CT molecular complexity index is 719. The number of hydrogen-bond acceptors (Lipinski definition) is 4. The standard InChI is InChI=1S/C18H19F2NO3/c1-11(14-4-3-13(19)9-15(14)20)21-10-12-7-16(22-2)18-17(8-12)23-5-6-24-18/h3-4,7-9,11,21H,5-6,10H2,1-2H3. The van der Waals surface area contributed by atoms with E-state index in [-0.39, 0.29) is 6.04 Å². The smallest absolute Gasteiger partial charge is 0.203 e. The second kappa shape index (κ2) is 7.05. The van der Waals surface area contributed by atoms with Crippen molar-refractivity contribution in [1.82, 2.24) is 5.32 Å². The molecule has 1 unspecified atom stereocenters. The summed E-state index contributed by atoms with van der Waals surface area (Å²) >= 11 is 0. The van der Waals surface area contributed by atoms with E-state index in [1.54, 1.807) is 7.11 Å². The first kappa shape index (κ1) is 16.5. The third kappa shape index (κ3) is 3.43. The average Bonchev–Trinajstić information content (AvgIpc) is 2.58. The molecule has 0 saturated carbocycles. The van der Waals surface area contributed by atoms with E-state index in [9.17, 15) is 8.78 Å². The maximum Gasteiger partial charge on any atom is 0.203 e. The van der Waals surface area contributed by atoms with E-state index < -0.39 is 11.6 Å². The van der Waals surface area contributed by atoms with Gasteiger partial charge in [0.15, 0.2) is 11.5 Å². The van der Waals surface area contributed by atoms with E-state index in [0.29, 0.717) is 42.6 Å². The number of nitrogens with one attached hydrogen (secondary N) is 1. The van der Waals surface area contributed by atoms with Crippen LogP contribution >= 0.6 is 0 Å². The van der Waals surface area contributed by atoms with Crippen molar-refractivity contribution in [3.05, 3.63) is 53.1 Å². The lowest BCUT2D eigenvalue weighted by molar-refractivity contribution is 0.165. The quantitative estimate of drug-likeness (QED) is 0.906. The van der Waals surface area contributed by atoms with Gasteiger partial charge >= 0.3 is 0 Å². The molecule has 0 spiro atoms. The second-order valence-electron chi connectivity index (χ2n) is 5.59. The molecule has 0 radical (unpaired) electrons. The fourth-order valence-electron chi connectivity index (χ4n) is 2.66. The van der Waals surface area contributed by atoms with Crippen molar-refractivity contribution in [3.8, 4) is 17.2 Å². The maximum atomic E-state index is 13.8. The summed E-state index contributed by atoms with van der Waals surface area (Å²) in [7, 11) is 1.57. The highest BCUT2D eigenvalue weighted by Gasteiger charge is 2.19. The minimum absolute atomic E-state index is 0.273. The van der Waals surface area contributed by atoms with Crippen LogP contribution in [0.3, 0.4) is 0 Å². The summed E-state index contributed by atoms with van der Waals surface area (Å²) in [4.78, 5) is 0. The monoisotopic (exact) mass is 335 g/mol. The molecule has 0 aliphatic carbocycles. The SMILES string of the molecule is COc1cc(CNC(C)c2ccc(F)cc2F)cc2c1OCCO2. The Morgan fingerprint density at radius 3 is 2.71 bits per heavy atom. The number of hydrogen-bond donors (Lipinski definition) is 1. The lowest BCUT2D eigenvalue weighted by Gasteiger charge is -2.22. The van der Waals surface area contributed by atoms with Crippen molar-refractivity contribution in [2.45, 2.75) is 19.5 Å². The molecule has 1 N–H and O–H groups in total. The van der Waals surface area contributed by atoms with Crippen LogP contribution in [-0.4, -0.2) is 20.3 Å². The van der Waals surface area contributed by atoms with Gasteiger partial charge in [-0.3, -0.25) is 0 Å². The predicted molar refractivity (Wildman–Crippen MR) is 85.6 cm³/mol.